The summed E-state index contributed by atoms with van der Waals surface area (Å²) in [7, 11) is 0. The van der Waals surface area contributed by atoms with Crippen molar-refractivity contribution in [1.82, 2.24) is 19.8 Å². The molecule has 1 amide bonds. The second-order valence-corrected chi connectivity index (χ2v) is 7.44. The number of nitrogens with zero attached hydrogens (tertiary/aromatic N) is 4. The lowest BCUT2D eigenvalue weighted by molar-refractivity contribution is 0.102. The summed E-state index contributed by atoms with van der Waals surface area (Å²) in [6.07, 6.45) is 1.68. The Labute approximate surface area is 172 Å². The zero-order chi connectivity index (χ0) is 20.2. The summed E-state index contributed by atoms with van der Waals surface area (Å²) in [4.78, 5) is 13.4. The van der Waals surface area contributed by atoms with Crippen LogP contribution in [0.2, 0.25) is 0 Å². The van der Waals surface area contributed by atoms with Gasteiger partial charge in [0.1, 0.15) is 10.8 Å². The third-order valence-corrected chi connectivity index (χ3v) is 5.26. The van der Waals surface area contributed by atoms with Crippen LogP contribution in [0.5, 0.6) is 5.75 Å². The second kappa shape index (κ2) is 8.40. The molecule has 4 rings (SSSR count). The molecular formula is C21H21N5O2S. The number of carbonyl (C=O) groups is 1. The van der Waals surface area contributed by atoms with Gasteiger partial charge >= 0.3 is 0 Å². The van der Waals surface area contributed by atoms with Crippen LogP contribution in [0, 0.1) is 0 Å². The topological polar surface area (TPSA) is 81.4 Å². The van der Waals surface area contributed by atoms with Crippen LogP contribution in [-0.2, 0) is 6.42 Å². The number of carbonyl (C=O) groups excluding carboxylic acids is 1. The minimum absolute atomic E-state index is 0.185. The molecule has 8 heteroatoms. The van der Waals surface area contributed by atoms with E-state index < -0.39 is 0 Å². The van der Waals surface area contributed by atoms with Crippen molar-refractivity contribution in [2.24, 2.45) is 0 Å². The fourth-order valence-corrected chi connectivity index (χ4v) is 3.73. The van der Waals surface area contributed by atoms with Crippen molar-refractivity contribution in [3.63, 3.8) is 0 Å². The summed E-state index contributed by atoms with van der Waals surface area (Å²) in [5, 5.41) is 16.7. The number of nitrogens with one attached hydrogen (secondary N) is 1. The van der Waals surface area contributed by atoms with E-state index in [0.29, 0.717) is 23.6 Å². The first-order valence-corrected chi connectivity index (χ1v) is 10.4. The molecule has 0 atom stereocenters. The molecule has 0 aliphatic carbocycles. The average molecular weight is 407 g/mol. The Morgan fingerprint density at radius 2 is 2.00 bits per heavy atom. The van der Waals surface area contributed by atoms with E-state index in [9.17, 15) is 4.79 Å². The molecule has 29 heavy (non-hydrogen) atoms. The number of aryl methyl sites for hydroxylation is 1. The van der Waals surface area contributed by atoms with Crippen LogP contribution in [0.25, 0.3) is 15.5 Å². The summed E-state index contributed by atoms with van der Waals surface area (Å²) in [5.74, 6) is 1.34. The van der Waals surface area contributed by atoms with Crippen molar-refractivity contribution in [2.45, 2.75) is 26.7 Å². The molecule has 0 radical (unpaired) electrons. The third kappa shape index (κ3) is 4.12. The van der Waals surface area contributed by atoms with Crippen molar-refractivity contribution < 1.29 is 9.53 Å². The van der Waals surface area contributed by atoms with Crippen LogP contribution in [0.1, 0.15) is 36.5 Å². The molecule has 1 N–H and O–H groups in total. The highest BCUT2D eigenvalue weighted by Gasteiger charge is 2.13. The Morgan fingerprint density at radius 3 is 2.83 bits per heavy atom. The summed E-state index contributed by atoms with van der Waals surface area (Å²) >= 11 is 1.47. The van der Waals surface area contributed by atoms with Crippen LogP contribution in [0.15, 0.2) is 48.5 Å². The van der Waals surface area contributed by atoms with E-state index >= 15 is 0 Å². The van der Waals surface area contributed by atoms with E-state index in [1.807, 2.05) is 50.2 Å². The van der Waals surface area contributed by atoms with Gasteiger partial charge in [0.25, 0.3) is 5.91 Å². The standard InChI is InChI=1S/C21H21N5O2S/c1-3-11-28-17-10-6-7-14(13-17)19(27)22-16-9-5-8-15(12-16)20-25-26-18(4-2)23-24-21(26)29-20/h5-10,12-13H,3-4,11H2,1-2H3,(H,22,27). The summed E-state index contributed by atoms with van der Waals surface area (Å²) in [5.41, 5.74) is 2.17. The molecular weight excluding hydrogens is 386 g/mol. The summed E-state index contributed by atoms with van der Waals surface area (Å²) < 4.78 is 7.38. The number of ether oxygens (including phenoxy) is 1. The molecule has 2 aromatic carbocycles. The van der Waals surface area contributed by atoms with Gasteiger partial charge in [0.2, 0.25) is 4.96 Å². The van der Waals surface area contributed by atoms with E-state index in [-0.39, 0.29) is 5.91 Å². The van der Waals surface area contributed by atoms with Gasteiger partial charge in [0.15, 0.2) is 5.82 Å². The molecule has 4 aromatic rings. The Morgan fingerprint density at radius 1 is 1.14 bits per heavy atom. The average Bonchev–Trinajstić information content (AvgIpc) is 3.33. The number of amides is 1. The maximum atomic E-state index is 12.7. The van der Waals surface area contributed by atoms with Crippen LogP contribution in [0.3, 0.4) is 0 Å². The lowest BCUT2D eigenvalue weighted by Gasteiger charge is -2.09. The van der Waals surface area contributed by atoms with Gasteiger partial charge in [-0.3, -0.25) is 4.79 Å². The highest BCUT2D eigenvalue weighted by atomic mass is 32.1. The Bertz CT molecular complexity index is 1150. The fraction of sp³-hybridized carbons (Fsp3) is 0.238. The number of aromatic nitrogens is 4. The van der Waals surface area contributed by atoms with Gasteiger partial charge in [0.05, 0.1) is 6.61 Å². The van der Waals surface area contributed by atoms with Crippen molar-refractivity contribution in [2.75, 3.05) is 11.9 Å². The first kappa shape index (κ1) is 19.1. The van der Waals surface area contributed by atoms with Gasteiger partial charge < -0.3 is 10.1 Å². The lowest BCUT2D eigenvalue weighted by Crippen LogP contribution is -2.12. The molecule has 0 spiro atoms. The molecule has 0 saturated carbocycles. The van der Waals surface area contributed by atoms with Crippen molar-refractivity contribution >= 4 is 27.9 Å². The molecule has 0 saturated heterocycles. The van der Waals surface area contributed by atoms with Crippen LogP contribution in [-0.4, -0.2) is 32.3 Å². The quantitative estimate of drug-likeness (QED) is 0.489. The molecule has 2 heterocycles. The number of benzene rings is 2. The maximum absolute atomic E-state index is 12.7. The smallest absolute Gasteiger partial charge is 0.255 e. The van der Waals surface area contributed by atoms with E-state index in [2.05, 4.69) is 20.6 Å². The number of anilines is 1. The normalized spacial score (nSPS) is 11.0. The van der Waals surface area contributed by atoms with Gasteiger partial charge in [-0.1, -0.05) is 43.4 Å². The maximum Gasteiger partial charge on any atom is 0.255 e. The third-order valence-electron chi connectivity index (χ3n) is 4.31. The molecule has 0 unspecified atom stereocenters. The molecule has 148 valence electrons. The van der Waals surface area contributed by atoms with Crippen molar-refractivity contribution in [3.8, 4) is 16.3 Å². The fourth-order valence-electron chi connectivity index (χ4n) is 2.87. The Kier molecular flexibility index (Phi) is 5.53. The highest BCUT2D eigenvalue weighted by molar-refractivity contribution is 7.19. The van der Waals surface area contributed by atoms with Gasteiger partial charge in [-0.05, 0) is 36.8 Å². The van der Waals surface area contributed by atoms with Crippen LogP contribution in [0.4, 0.5) is 5.69 Å². The first-order valence-electron chi connectivity index (χ1n) is 9.53. The van der Waals surface area contributed by atoms with Crippen molar-refractivity contribution in [3.05, 3.63) is 59.9 Å². The monoisotopic (exact) mass is 407 g/mol. The van der Waals surface area contributed by atoms with E-state index in [1.165, 1.54) is 11.3 Å². The predicted octanol–water partition coefficient (Wildman–Crippen LogP) is 4.46. The molecule has 0 aliphatic rings. The summed E-state index contributed by atoms with van der Waals surface area (Å²) in [6, 6.07) is 14.8. The molecule has 7 nitrogen and oxygen atoms in total. The minimum Gasteiger partial charge on any atom is -0.494 e. The van der Waals surface area contributed by atoms with E-state index in [1.54, 1.807) is 16.6 Å². The zero-order valence-electron chi connectivity index (χ0n) is 16.3. The van der Waals surface area contributed by atoms with E-state index in [4.69, 9.17) is 4.74 Å². The number of hydrogen-bond donors (Lipinski definition) is 1. The van der Waals surface area contributed by atoms with Gasteiger partial charge in [-0.15, -0.1) is 10.2 Å². The molecule has 0 aliphatic heterocycles. The second-order valence-electron chi connectivity index (χ2n) is 6.48. The number of fused-ring (bicyclic) bond motifs is 1. The SMILES string of the molecule is CCCOc1cccc(C(=O)Nc2cccc(-c3nn4c(CC)nnc4s3)c2)c1. The minimum atomic E-state index is -0.185. The van der Waals surface area contributed by atoms with Gasteiger partial charge in [0, 0.05) is 23.2 Å². The van der Waals surface area contributed by atoms with Gasteiger partial charge in [-0.25, -0.2) is 0 Å². The summed E-state index contributed by atoms with van der Waals surface area (Å²) in [6.45, 7) is 4.69. The molecule has 0 bridgehead atoms. The Hall–Kier alpha value is -3.26. The predicted molar refractivity (Wildman–Crippen MR) is 114 cm³/mol. The van der Waals surface area contributed by atoms with Crippen LogP contribution < -0.4 is 10.1 Å². The largest absolute Gasteiger partial charge is 0.494 e. The van der Waals surface area contributed by atoms with Crippen LogP contribution >= 0.6 is 11.3 Å². The van der Waals surface area contributed by atoms with Crippen molar-refractivity contribution in [1.29, 1.82) is 0 Å². The van der Waals surface area contributed by atoms with E-state index in [0.717, 1.165) is 34.2 Å². The number of rotatable bonds is 7. The highest BCUT2D eigenvalue weighted by Crippen LogP contribution is 2.28. The first-order chi connectivity index (χ1) is 14.2. The lowest BCUT2D eigenvalue weighted by atomic mass is 10.1. The molecule has 0 fully saturated rings. The zero-order valence-corrected chi connectivity index (χ0v) is 17.1. The number of hydrogen-bond acceptors (Lipinski definition) is 6. The Balaban J connectivity index is 1.54. The molecule has 2 aromatic heterocycles. The van der Waals surface area contributed by atoms with Gasteiger partial charge in [-0.2, -0.15) is 9.61 Å².